The molecular formula is C15H22N6O. The van der Waals surface area contributed by atoms with Crippen molar-refractivity contribution in [2.45, 2.75) is 24.8 Å². The van der Waals surface area contributed by atoms with Crippen molar-refractivity contribution < 1.29 is 4.74 Å². The molecule has 0 unspecified atom stereocenters. The van der Waals surface area contributed by atoms with Gasteiger partial charge < -0.3 is 9.64 Å². The highest BCUT2D eigenvalue weighted by atomic mass is 16.5. The van der Waals surface area contributed by atoms with E-state index >= 15 is 0 Å². The van der Waals surface area contributed by atoms with Gasteiger partial charge in [0.05, 0.1) is 6.61 Å². The Balaban J connectivity index is 1.45. The summed E-state index contributed by atoms with van der Waals surface area (Å²) < 4.78 is 7.06. The van der Waals surface area contributed by atoms with Crippen molar-refractivity contribution in [1.82, 2.24) is 24.7 Å². The van der Waals surface area contributed by atoms with Crippen LogP contribution in [-0.2, 0) is 4.74 Å². The van der Waals surface area contributed by atoms with Gasteiger partial charge in [-0.15, -0.1) is 15.3 Å². The molecule has 1 aliphatic heterocycles. The first-order chi connectivity index (χ1) is 10.8. The quantitative estimate of drug-likeness (QED) is 0.785. The molecule has 2 aromatic heterocycles. The number of nitrogens with zero attached hydrogens (tertiary/aromatic N) is 6. The molecule has 0 N–H and O–H groups in total. The fourth-order valence-electron chi connectivity index (χ4n) is 2.90. The first kappa shape index (κ1) is 13.9. The maximum absolute atomic E-state index is 5.14. The van der Waals surface area contributed by atoms with E-state index in [1.54, 1.807) is 7.11 Å². The summed E-state index contributed by atoms with van der Waals surface area (Å²) in [7, 11) is 3.90. The number of methoxy groups -OCH3 is 1. The van der Waals surface area contributed by atoms with Gasteiger partial charge in [0.25, 0.3) is 0 Å². The number of anilines is 1. The van der Waals surface area contributed by atoms with Crippen LogP contribution in [0.1, 0.15) is 24.6 Å². The van der Waals surface area contributed by atoms with Crippen LogP contribution in [0.15, 0.2) is 12.1 Å². The molecule has 0 amide bonds. The summed E-state index contributed by atoms with van der Waals surface area (Å²) in [5.74, 6) is 2.60. The average Bonchev–Trinajstić information content (AvgIpc) is 3.23. The van der Waals surface area contributed by atoms with Crippen molar-refractivity contribution in [1.29, 1.82) is 0 Å². The Morgan fingerprint density at radius 2 is 2.09 bits per heavy atom. The number of aromatic nitrogens is 4. The van der Waals surface area contributed by atoms with Gasteiger partial charge in [-0.3, -0.25) is 4.90 Å². The van der Waals surface area contributed by atoms with Crippen LogP contribution < -0.4 is 4.90 Å². The Morgan fingerprint density at radius 3 is 2.82 bits per heavy atom. The zero-order valence-corrected chi connectivity index (χ0v) is 13.1. The fraction of sp³-hybridized carbons (Fsp3) is 0.667. The summed E-state index contributed by atoms with van der Waals surface area (Å²) in [5, 5.41) is 13.2. The summed E-state index contributed by atoms with van der Waals surface area (Å²) in [5.41, 5.74) is 0.847. The first-order valence-corrected chi connectivity index (χ1v) is 7.93. The fourth-order valence-corrected chi connectivity index (χ4v) is 2.90. The summed E-state index contributed by atoms with van der Waals surface area (Å²) in [6.07, 6.45) is 2.42. The number of likely N-dealkylation sites (N-methyl/N-ethyl adjacent to an activating group) is 1. The Kier molecular flexibility index (Phi) is 3.46. The first-order valence-electron chi connectivity index (χ1n) is 7.93. The topological polar surface area (TPSA) is 58.8 Å². The number of rotatable bonds is 6. The second-order valence-electron chi connectivity index (χ2n) is 6.33. The zero-order chi connectivity index (χ0) is 15.1. The predicted molar refractivity (Wildman–Crippen MR) is 83.3 cm³/mol. The molecule has 3 heterocycles. The van der Waals surface area contributed by atoms with Crippen molar-refractivity contribution in [3.05, 3.63) is 18.0 Å². The molecule has 2 fully saturated rings. The molecule has 22 heavy (non-hydrogen) atoms. The molecule has 0 radical (unpaired) electrons. The van der Waals surface area contributed by atoms with Crippen LogP contribution in [0.5, 0.6) is 0 Å². The SMILES string of the molecule is COCCN(C)C1CN(c2ccc3nnc(C4CC4)n3n2)C1. The lowest BCUT2D eigenvalue weighted by molar-refractivity contribution is 0.127. The summed E-state index contributed by atoms with van der Waals surface area (Å²) in [6.45, 7) is 3.78. The maximum atomic E-state index is 5.14. The van der Waals surface area contributed by atoms with Crippen molar-refractivity contribution in [3.8, 4) is 0 Å². The van der Waals surface area contributed by atoms with E-state index in [2.05, 4.69) is 27.0 Å². The standard InChI is InChI=1S/C15H22N6O/c1-19(7-8-22-2)12-9-20(10-12)14-6-5-13-16-17-15(11-3-4-11)21(13)18-14/h5-6,11-12H,3-4,7-10H2,1-2H3. The smallest absolute Gasteiger partial charge is 0.178 e. The highest BCUT2D eigenvalue weighted by molar-refractivity contribution is 5.48. The zero-order valence-electron chi connectivity index (χ0n) is 13.1. The van der Waals surface area contributed by atoms with Gasteiger partial charge in [-0.2, -0.15) is 4.52 Å². The van der Waals surface area contributed by atoms with E-state index in [0.29, 0.717) is 12.0 Å². The molecule has 1 aliphatic carbocycles. The van der Waals surface area contributed by atoms with Crippen molar-refractivity contribution in [2.75, 3.05) is 45.3 Å². The Morgan fingerprint density at radius 1 is 1.27 bits per heavy atom. The third kappa shape index (κ3) is 2.44. The third-order valence-electron chi connectivity index (χ3n) is 4.67. The van der Waals surface area contributed by atoms with Gasteiger partial charge in [-0.25, -0.2) is 0 Å². The van der Waals surface area contributed by atoms with Gasteiger partial charge in [0.2, 0.25) is 0 Å². The predicted octanol–water partition coefficient (Wildman–Crippen LogP) is 0.768. The van der Waals surface area contributed by atoms with Gasteiger partial charge in [0.1, 0.15) is 5.82 Å². The van der Waals surface area contributed by atoms with Gasteiger partial charge >= 0.3 is 0 Å². The molecule has 0 spiro atoms. The number of fused-ring (bicyclic) bond motifs is 1. The monoisotopic (exact) mass is 302 g/mol. The van der Waals surface area contributed by atoms with E-state index in [1.165, 1.54) is 12.8 Å². The number of hydrogen-bond donors (Lipinski definition) is 0. The van der Waals surface area contributed by atoms with Gasteiger partial charge in [-0.1, -0.05) is 0 Å². The van der Waals surface area contributed by atoms with Crippen LogP contribution in [0.2, 0.25) is 0 Å². The van der Waals surface area contributed by atoms with Gasteiger partial charge in [-0.05, 0) is 32.0 Å². The van der Waals surface area contributed by atoms with E-state index in [0.717, 1.165) is 43.5 Å². The second-order valence-corrected chi connectivity index (χ2v) is 6.33. The molecular weight excluding hydrogens is 280 g/mol. The third-order valence-corrected chi connectivity index (χ3v) is 4.67. The lowest BCUT2D eigenvalue weighted by Gasteiger charge is -2.44. The average molecular weight is 302 g/mol. The van der Waals surface area contributed by atoms with Crippen LogP contribution in [-0.4, -0.2) is 71.2 Å². The van der Waals surface area contributed by atoms with Crippen LogP contribution in [0, 0.1) is 0 Å². The minimum absolute atomic E-state index is 0.557. The molecule has 2 aromatic rings. The second kappa shape index (κ2) is 5.48. The molecule has 4 rings (SSSR count). The molecule has 118 valence electrons. The molecule has 0 atom stereocenters. The maximum Gasteiger partial charge on any atom is 0.178 e. The number of ether oxygens (including phenoxy) is 1. The van der Waals surface area contributed by atoms with Crippen LogP contribution in [0.4, 0.5) is 5.82 Å². The van der Waals surface area contributed by atoms with Crippen LogP contribution in [0.25, 0.3) is 5.65 Å². The highest BCUT2D eigenvalue weighted by Crippen LogP contribution is 2.38. The van der Waals surface area contributed by atoms with Gasteiger partial charge in [0, 0.05) is 38.7 Å². The Labute approximate surface area is 129 Å². The van der Waals surface area contributed by atoms with Crippen molar-refractivity contribution in [3.63, 3.8) is 0 Å². The van der Waals surface area contributed by atoms with E-state index < -0.39 is 0 Å². The van der Waals surface area contributed by atoms with Crippen LogP contribution in [0.3, 0.4) is 0 Å². The molecule has 1 saturated carbocycles. The number of hydrogen-bond acceptors (Lipinski definition) is 6. The van der Waals surface area contributed by atoms with Crippen LogP contribution >= 0.6 is 0 Å². The largest absolute Gasteiger partial charge is 0.383 e. The Bertz CT molecular complexity index is 661. The van der Waals surface area contributed by atoms with E-state index in [4.69, 9.17) is 9.84 Å². The molecule has 2 aliphatic rings. The van der Waals surface area contributed by atoms with Crippen molar-refractivity contribution >= 4 is 11.5 Å². The molecule has 7 heteroatoms. The highest BCUT2D eigenvalue weighted by Gasteiger charge is 2.32. The molecule has 7 nitrogen and oxygen atoms in total. The molecule has 1 saturated heterocycles. The summed E-state index contributed by atoms with van der Waals surface area (Å²) >= 11 is 0. The van der Waals surface area contributed by atoms with E-state index in [-0.39, 0.29) is 0 Å². The molecule has 0 aromatic carbocycles. The van der Waals surface area contributed by atoms with E-state index in [9.17, 15) is 0 Å². The minimum Gasteiger partial charge on any atom is -0.383 e. The minimum atomic E-state index is 0.557. The lowest BCUT2D eigenvalue weighted by Crippen LogP contribution is -2.59. The van der Waals surface area contributed by atoms with Crippen molar-refractivity contribution in [2.24, 2.45) is 0 Å². The Hall–Kier alpha value is -1.73. The van der Waals surface area contributed by atoms with Gasteiger partial charge in [0.15, 0.2) is 11.5 Å². The van der Waals surface area contributed by atoms with E-state index in [1.807, 2.05) is 16.6 Å². The summed E-state index contributed by atoms with van der Waals surface area (Å²) in [4.78, 5) is 4.66. The summed E-state index contributed by atoms with van der Waals surface area (Å²) in [6, 6.07) is 4.64. The molecule has 0 bridgehead atoms. The normalized spacial score (nSPS) is 19.1. The lowest BCUT2D eigenvalue weighted by atomic mass is 10.1.